The summed E-state index contributed by atoms with van der Waals surface area (Å²) >= 11 is 0. The Bertz CT molecular complexity index is 1980. The van der Waals surface area contributed by atoms with Gasteiger partial charge >= 0.3 is 12.1 Å². The number of nitrogens with zero attached hydrogens (tertiary/aromatic N) is 1. The molecule has 1 aromatic heterocycles. The van der Waals surface area contributed by atoms with Crippen LogP contribution in [0.5, 0.6) is 11.5 Å². The van der Waals surface area contributed by atoms with Gasteiger partial charge < -0.3 is 30.6 Å². The number of nitrogen functional groups attached to an aromatic ring is 1. The molecule has 1 saturated carbocycles. The van der Waals surface area contributed by atoms with E-state index in [2.05, 4.69) is 15.6 Å². The number of nitrogens with one attached hydrogen (secondary N) is 2. The number of amides is 1. The maximum atomic E-state index is 14.4. The number of anilines is 2. The highest BCUT2D eigenvalue weighted by Crippen LogP contribution is 2.39. The number of aromatic nitrogens is 1. The lowest BCUT2D eigenvalue weighted by molar-refractivity contribution is -0.213. The second-order valence-corrected chi connectivity index (χ2v) is 13.8. The van der Waals surface area contributed by atoms with Crippen LogP contribution in [0.3, 0.4) is 0 Å². The lowest BCUT2D eigenvalue weighted by Gasteiger charge is -2.35. The van der Waals surface area contributed by atoms with Crippen LogP contribution in [0.15, 0.2) is 77.8 Å². The number of halogens is 3. The van der Waals surface area contributed by atoms with Gasteiger partial charge in [-0.2, -0.15) is 13.2 Å². The number of alkyl halides is 3. The molecule has 11 nitrogen and oxygen atoms in total. The van der Waals surface area contributed by atoms with Crippen LogP contribution in [0, 0.1) is 0 Å². The third-order valence-electron chi connectivity index (χ3n) is 7.61. The van der Waals surface area contributed by atoms with Crippen molar-refractivity contribution in [3.05, 3.63) is 84.1 Å². The Morgan fingerprint density at radius 1 is 1.02 bits per heavy atom. The highest BCUT2D eigenvalue weighted by molar-refractivity contribution is 7.92. The van der Waals surface area contributed by atoms with Gasteiger partial charge in [0.15, 0.2) is 21.3 Å². The zero-order chi connectivity index (χ0) is 35.6. The van der Waals surface area contributed by atoms with Crippen LogP contribution in [0.4, 0.5) is 24.7 Å². The first-order chi connectivity index (χ1) is 23.2. The molecular weight excluding hydrogens is 665 g/mol. The molecule has 1 fully saturated rings. The van der Waals surface area contributed by atoms with E-state index in [1.807, 2.05) is 0 Å². The minimum Gasteiger partial charge on any atom is -0.490 e. The third-order valence-corrected chi connectivity index (χ3v) is 9.97. The van der Waals surface area contributed by atoms with Gasteiger partial charge in [0.05, 0.1) is 22.9 Å². The van der Waals surface area contributed by atoms with E-state index in [9.17, 15) is 31.2 Å². The third kappa shape index (κ3) is 7.66. The zero-order valence-corrected chi connectivity index (χ0v) is 27.7. The highest BCUT2D eigenvalue weighted by atomic mass is 32.2. The summed E-state index contributed by atoms with van der Waals surface area (Å²) in [6.45, 7) is 4.89. The average molecular weight is 701 g/mol. The summed E-state index contributed by atoms with van der Waals surface area (Å²) in [4.78, 5) is 31.1. The Morgan fingerprint density at radius 3 is 2.43 bits per heavy atom. The molecule has 1 atom stereocenters. The second-order valence-electron chi connectivity index (χ2n) is 11.6. The summed E-state index contributed by atoms with van der Waals surface area (Å²) in [5.41, 5.74) is 3.11. The molecule has 1 heterocycles. The lowest BCUT2D eigenvalue weighted by Crippen LogP contribution is -2.54. The topological polar surface area (TPSA) is 159 Å². The molecule has 1 amide bonds. The van der Waals surface area contributed by atoms with E-state index in [1.165, 1.54) is 54.7 Å². The Kier molecular flexibility index (Phi) is 9.95. The molecule has 4 aromatic rings. The molecule has 5 rings (SSSR count). The Labute approximate surface area is 280 Å². The zero-order valence-electron chi connectivity index (χ0n) is 26.8. The largest absolute Gasteiger partial charge is 0.491 e. The highest BCUT2D eigenvalue weighted by Gasteiger charge is 2.52. The van der Waals surface area contributed by atoms with E-state index in [0.29, 0.717) is 23.6 Å². The van der Waals surface area contributed by atoms with E-state index < -0.39 is 45.4 Å². The van der Waals surface area contributed by atoms with Gasteiger partial charge in [-0.05, 0) is 93.1 Å². The van der Waals surface area contributed by atoms with Gasteiger partial charge in [-0.3, -0.25) is 4.79 Å². The first kappa shape index (κ1) is 35.3. The Morgan fingerprint density at radius 2 is 1.76 bits per heavy atom. The van der Waals surface area contributed by atoms with Crippen molar-refractivity contribution in [3.8, 4) is 11.5 Å². The van der Waals surface area contributed by atoms with Gasteiger partial charge in [0.2, 0.25) is 0 Å². The molecule has 0 unspecified atom stereocenters. The van der Waals surface area contributed by atoms with E-state index in [0.717, 1.165) is 0 Å². The van der Waals surface area contributed by atoms with Crippen molar-refractivity contribution in [3.63, 3.8) is 0 Å². The van der Waals surface area contributed by atoms with Gasteiger partial charge in [-0.25, -0.2) is 18.2 Å². The molecule has 4 N–H and O–H groups in total. The number of nitrogens with two attached hydrogens (primary N) is 1. The van der Waals surface area contributed by atoms with Crippen molar-refractivity contribution >= 4 is 44.0 Å². The number of fused-ring (bicyclic) bond motifs is 1. The molecule has 3 aromatic carbocycles. The van der Waals surface area contributed by atoms with Crippen molar-refractivity contribution in [1.82, 2.24) is 10.3 Å². The van der Waals surface area contributed by atoms with Crippen LogP contribution >= 0.6 is 0 Å². The molecule has 0 spiro atoms. The first-order valence-electron chi connectivity index (χ1n) is 15.4. The minimum atomic E-state index is -5.51. The molecule has 49 heavy (non-hydrogen) atoms. The summed E-state index contributed by atoms with van der Waals surface area (Å²) in [5.74, 6) is -3.42. The summed E-state index contributed by atoms with van der Waals surface area (Å²) in [6.07, 6.45) is -3.40. The van der Waals surface area contributed by atoms with Crippen LogP contribution in [-0.2, 0) is 36.4 Å². The molecule has 0 radical (unpaired) electrons. The molecule has 1 aliphatic carbocycles. The first-order valence-corrected chi connectivity index (χ1v) is 17.0. The number of pyridine rings is 1. The number of carbonyl (C=O) groups is 2. The van der Waals surface area contributed by atoms with Gasteiger partial charge in [-0.15, -0.1) is 0 Å². The quantitative estimate of drug-likeness (QED) is 0.118. The van der Waals surface area contributed by atoms with Gasteiger partial charge in [0.25, 0.3) is 11.6 Å². The Balaban J connectivity index is 1.66. The fourth-order valence-corrected chi connectivity index (χ4v) is 7.09. The van der Waals surface area contributed by atoms with E-state index in [1.54, 1.807) is 39.0 Å². The van der Waals surface area contributed by atoms with Crippen LogP contribution in [0.2, 0.25) is 0 Å². The van der Waals surface area contributed by atoms with Crippen LogP contribution < -0.4 is 25.8 Å². The second kappa shape index (κ2) is 13.8. The van der Waals surface area contributed by atoms with Crippen LogP contribution in [0.25, 0.3) is 10.8 Å². The number of hydrogen-bond donors (Lipinski definition) is 3. The average Bonchev–Trinajstić information content (AvgIpc) is 3.90. The predicted octanol–water partition coefficient (Wildman–Crippen LogP) is 5.63. The van der Waals surface area contributed by atoms with Crippen molar-refractivity contribution < 1.29 is 45.4 Å². The lowest BCUT2D eigenvalue weighted by atomic mass is 9.99. The van der Waals surface area contributed by atoms with Crippen molar-refractivity contribution in [2.45, 2.75) is 68.3 Å². The minimum absolute atomic E-state index is 0.0156. The summed E-state index contributed by atoms with van der Waals surface area (Å²) in [6, 6.07) is 16.0. The smallest absolute Gasteiger partial charge is 0.490 e. The monoisotopic (exact) mass is 700 g/mol. The van der Waals surface area contributed by atoms with Crippen molar-refractivity contribution in [2.75, 3.05) is 17.7 Å². The fourth-order valence-electron chi connectivity index (χ4n) is 5.20. The predicted molar refractivity (Wildman–Crippen MR) is 175 cm³/mol. The van der Waals surface area contributed by atoms with Gasteiger partial charge in [0, 0.05) is 29.4 Å². The molecular formula is C34H35F3N4O7S. The van der Waals surface area contributed by atoms with E-state index in [4.69, 9.17) is 19.9 Å². The molecule has 1 aliphatic rings. The number of sulfone groups is 1. The molecule has 15 heteroatoms. The Hall–Kier alpha value is -5.05. The van der Waals surface area contributed by atoms with Gasteiger partial charge in [0.1, 0.15) is 5.82 Å². The van der Waals surface area contributed by atoms with Crippen molar-refractivity contribution in [2.24, 2.45) is 0 Å². The molecule has 260 valence electrons. The standard InChI is InChI=1S/C34H35F3N4O7S/c1-4-46-28-18-23(9-14-27(28)47-20(2)3)33(48-32(43)34(35,36)37,41-24-10-13-26-21(17-24)15-16-39-30(26)38)31(42)40-19-22-7-5-6-8-29(22)49(44,45)25-11-12-25/h5-10,13-18,20,25,41H,4,11-12,19H2,1-3H3,(H2,38,39)(H,40,42)/t33-/m1/s1. The normalized spacial score (nSPS) is 14.6. The fraction of sp³-hybridized carbons (Fsp3) is 0.324. The number of esters is 1. The molecule has 0 bridgehead atoms. The number of carbonyl (C=O) groups excluding carboxylic acids is 2. The van der Waals surface area contributed by atoms with Crippen LogP contribution in [0.1, 0.15) is 44.7 Å². The van der Waals surface area contributed by atoms with Crippen LogP contribution in [-0.4, -0.2) is 49.4 Å². The summed E-state index contributed by atoms with van der Waals surface area (Å²) < 4.78 is 84.7. The number of benzene rings is 3. The summed E-state index contributed by atoms with van der Waals surface area (Å²) in [7, 11) is -3.72. The summed E-state index contributed by atoms with van der Waals surface area (Å²) in [5, 5.41) is 5.74. The SMILES string of the molecule is CCOc1cc([C@@](Nc2ccc3c(N)nccc3c2)(OC(=O)C(F)(F)F)C(=O)NCc2ccccc2S(=O)(=O)C2CC2)ccc1OC(C)C. The number of hydrogen-bond acceptors (Lipinski definition) is 10. The molecule has 0 saturated heterocycles. The van der Waals surface area contributed by atoms with E-state index in [-0.39, 0.29) is 51.7 Å². The van der Waals surface area contributed by atoms with Crippen molar-refractivity contribution in [1.29, 1.82) is 0 Å². The maximum Gasteiger partial charge on any atom is 0.491 e. The maximum absolute atomic E-state index is 14.4. The number of ether oxygens (including phenoxy) is 3. The number of rotatable bonds is 13. The van der Waals surface area contributed by atoms with E-state index >= 15 is 0 Å². The van der Waals surface area contributed by atoms with Gasteiger partial charge in [-0.1, -0.05) is 18.2 Å². The molecule has 0 aliphatic heterocycles.